The standard InChI is InChI=1S/C28H40N6O3/c1-5-28(13-17-34(18-14-28)26(36)37-27(2,3)4)33-22-12-16-31-25(35)23(22)24(29)32-20-10-8-19(9-11-20)21-7-6-15-30-21/h8-12,16,21,30H,5-7,13-15,17-18H2,1-4H3,(H2,29,32)(H2,31,33,35)/t21-/m1/s1. The molecule has 3 heterocycles. The molecule has 200 valence electrons. The zero-order valence-electron chi connectivity index (χ0n) is 22.4. The van der Waals surface area contributed by atoms with Gasteiger partial charge < -0.3 is 30.6 Å². The first-order valence-corrected chi connectivity index (χ1v) is 13.3. The highest BCUT2D eigenvalue weighted by molar-refractivity contribution is 6.09. The Bertz CT molecular complexity index is 1150. The number of nitrogens with zero attached hydrogens (tertiary/aromatic N) is 1. The third-order valence-corrected chi connectivity index (χ3v) is 7.30. The second-order valence-electron chi connectivity index (χ2n) is 11.1. The fraction of sp³-hybridized carbons (Fsp3) is 0.536. The van der Waals surface area contributed by atoms with Gasteiger partial charge in [-0.2, -0.15) is 0 Å². The quantitative estimate of drug-likeness (QED) is 0.281. The molecular formula is C28H40N6O3. The summed E-state index contributed by atoms with van der Waals surface area (Å²) >= 11 is 0. The topological polar surface area (TPSA) is 122 Å². The molecule has 9 heteroatoms. The first-order valence-electron chi connectivity index (χ1n) is 13.3. The molecule has 0 aliphatic carbocycles. The molecule has 9 nitrogen and oxygen atoms in total. The van der Waals surface area contributed by atoms with Crippen molar-refractivity contribution in [2.75, 3.05) is 30.3 Å². The summed E-state index contributed by atoms with van der Waals surface area (Å²) in [6.45, 7) is 9.87. The van der Waals surface area contributed by atoms with Crippen LogP contribution in [0, 0.1) is 5.41 Å². The predicted octanol–water partition coefficient (Wildman–Crippen LogP) is 4.83. The van der Waals surface area contributed by atoms with Crippen LogP contribution in [0.2, 0.25) is 0 Å². The molecule has 2 aliphatic rings. The van der Waals surface area contributed by atoms with Crippen molar-refractivity contribution in [2.45, 2.75) is 77.0 Å². The van der Waals surface area contributed by atoms with E-state index in [1.807, 2.05) is 32.9 Å². The summed E-state index contributed by atoms with van der Waals surface area (Å²) < 4.78 is 5.54. The second-order valence-corrected chi connectivity index (χ2v) is 11.1. The lowest BCUT2D eigenvalue weighted by Crippen LogP contribution is -2.51. The number of nitrogens with one attached hydrogen (secondary N) is 5. The van der Waals surface area contributed by atoms with Crippen LogP contribution in [0.1, 0.15) is 77.0 Å². The van der Waals surface area contributed by atoms with Crippen LogP contribution in [0.5, 0.6) is 0 Å². The van der Waals surface area contributed by atoms with E-state index in [-0.39, 0.29) is 28.6 Å². The number of carbonyl (C=O) groups is 1. The number of aromatic nitrogens is 1. The SMILES string of the molecule is CCC1(Nc2cc[nH]c(=O)c2C(=N)Nc2ccc([C@H]3CCCN3)cc2)CCN(C(=O)OC(C)(C)C)CC1. The number of hydrogen-bond donors (Lipinski definition) is 5. The van der Waals surface area contributed by atoms with E-state index in [1.54, 1.807) is 17.2 Å². The van der Waals surface area contributed by atoms with Gasteiger partial charge in [-0.05, 0) is 83.2 Å². The average molecular weight is 509 g/mol. The number of aromatic amines is 1. The van der Waals surface area contributed by atoms with Gasteiger partial charge in [0.05, 0.1) is 5.69 Å². The Morgan fingerprint density at radius 3 is 2.49 bits per heavy atom. The van der Waals surface area contributed by atoms with E-state index in [2.05, 4.69) is 40.0 Å². The molecule has 2 saturated heterocycles. The third kappa shape index (κ3) is 6.52. The van der Waals surface area contributed by atoms with Crippen molar-refractivity contribution in [1.29, 1.82) is 5.41 Å². The van der Waals surface area contributed by atoms with Gasteiger partial charge in [-0.1, -0.05) is 19.1 Å². The summed E-state index contributed by atoms with van der Waals surface area (Å²) in [6, 6.07) is 10.2. The van der Waals surface area contributed by atoms with Gasteiger partial charge in [0.1, 0.15) is 17.0 Å². The van der Waals surface area contributed by atoms with E-state index < -0.39 is 5.60 Å². The van der Waals surface area contributed by atoms with Crippen LogP contribution in [0.3, 0.4) is 0 Å². The lowest BCUT2D eigenvalue weighted by atomic mass is 9.84. The average Bonchev–Trinajstić information content (AvgIpc) is 3.39. The number of likely N-dealkylation sites (tertiary alicyclic amines) is 1. The third-order valence-electron chi connectivity index (χ3n) is 7.30. The number of benzene rings is 1. The zero-order valence-corrected chi connectivity index (χ0v) is 22.4. The molecule has 1 atom stereocenters. The minimum Gasteiger partial charge on any atom is -0.444 e. The van der Waals surface area contributed by atoms with Crippen LogP contribution in [0.15, 0.2) is 41.3 Å². The van der Waals surface area contributed by atoms with E-state index in [0.717, 1.165) is 25.1 Å². The van der Waals surface area contributed by atoms with Crippen molar-refractivity contribution in [3.8, 4) is 0 Å². The first-order chi connectivity index (χ1) is 17.6. The van der Waals surface area contributed by atoms with Crippen molar-refractivity contribution in [3.63, 3.8) is 0 Å². The lowest BCUT2D eigenvalue weighted by molar-refractivity contribution is 0.0176. The number of pyridine rings is 1. The smallest absolute Gasteiger partial charge is 0.410 e. The monoisotopic (exact) mass is 508 g/mol. The molecular weight excluding hydrogens is 468 g/mol. The van der Waals surface area contributed by atoms with Crippen molar-refractivity contribution in [2.24, 2.45) is 0 Å². The molecule has 0 saturated carbocycles. The first kappa shape index (κ1) is 26.7. The fourth-order valence-electron chi connectivity index (χ4n) is 5.10. The van der Waals surface area contributed by atoms with Gasteiger partial charge in [0.2, 0.25) is 0 Å². The van der Waals surface area contributed by atoms with Gasteiger partial charge in [0, 0.05) is 36.6 Å². The number of amidine groups is 1. The van der Waals surface area contributed by atoms with Crippen molar-refractivity contribution < 1.29 is 9.53 Å². The molecule has 1 aromatic carbocycles. The zero-order chi connectivity index (χ0) is 26.6. The number of ether oxygens (including phenoxy) is 1. The van der Waals surface area contributed by atoms with Gasteiger partial charge in [-0.25, -0.2) is 4.79 Å². The summed E-state index contributed by atoms with van der Waals surface area (Å²) in [5.74, 6) is 0.0357. The molecule has 4 rings (SSSR count). The maximum atomic E-state index is 12.9. The molecule has 0 unspecified atom stereocenters. The van der Waals surface area contributed by atoms with Crippen LogP contribution in [0.4, 0.5) is 16.2 Å². The van der Waals surface area contributed by atoms with Crippen LogP contribution < -0.4 is 21.5 Å². The van der Waals surface area contributed by atoms with Gasteiger partial charge in [0.25, 0.3) is 5.56 Å². The minimum atomic E-state index is -0.532. The Balaban J connectivity index is 1.46. The van der Waals surface area contributed by atoms with E-state index in [1.165, 1.54) is 12.0 Å². The molecule has 2 fully saturated rings. The highest BCUT2D eigenvalue weighted by Gasteiger charge is 2.36. The summed E-state index contributed by atoms with van der Waals surface area (Å²) in [6.07, 6.45) is 5.86. The molecule has 5 N–H and O–H groups in total. The Morgan fingerprint density at radius 1 is 1.19 bits per heavy atom. The summed E-state index contributed by atoms with van der Waals surface area (Å²) in [5, 5.41) is 18.9. The maximum absolute atomic E-state index is 12.9. The van der Waals surface area contributed by atoms with Crippen molar-refractivity contribution in [1.82, 2.24) is 15.2 Å². The molecule has 0 bridgehead atoms. The Kier molecular flexibility index (Phi) is 7.92. The molecule has 2 aliphatic heterocycles. The Morgan fingerprint density at radius 2 is 1.89 bits per heavy atom. The van der Waals surface area contributed by atoms with E-state index >= 15 is 0 Å². The highest BCUT2D eigenvalue weighted by Crippen LogP contribution is 2.32. The van der Waals surface area contributed by atoms with Gasteiger partial charge in [-0.15, -0.1) is 0 Å². The fourth-order valence-corrected chi connectivity index (χ4v) is 5.10. The molecule has 2 aromatic rings. The number of anilines is 2. The van der Waals surface area contributed by atoms with Crippen LogP contribution in [0.25, 0.3) is 0 Å². The number of amides is 1. The molecule has 0 spiro atoms. The summed E-state index contributed by atoms with van der Waals surface area (Å²) in [7, 11) is 0. The molecule has 0 radical (unpaired) electrons. The lowest BCUT2D eigenvalue weighted by Gasteiger charge is -2.43. The molecule has 37 heavy (non-hydrogen) atoms. The van der Waals surface area contributed by atoms with E-state index in [0.29, 0.717) is 37.7 Å². The van der Waals surface area contributed by atoms with Crippen LogP contribution in [-0.2, 0) is 4.74 Å². The van der Waals surface area contributed by atoms with Crippen molar-refractivity contribution >= 4 is 23.3 Å². The highest BCUT2D eigenvalue weighted by atomic mass is 16.6. The largest absolute Gasteiger partial charge is 0.444 e. The Labute approximate surface area is 218 Å². The number of H-pyrrole nitrogens is 1. The van der Waals surface area contributed by atoms with E-state index in [4.69, 9.17) is 10.1 Å². The van der Waals surface area contributed by atoms with Crippen molar-refractivity contribution in [3.05, 3.63) is 58.0 Å². The van der Waals surface area contributed by atoms with Gasteiger partial charge in [-0.3, -0.25) is 10.2 Å². The maximum Gasteiger partial charge on any atom is 0.410 e. The van der Waals surface area contributed by atoms with Crippen LogP contribution >= 0.6 is 0 Å². The number of hydrogen-bond acceptors (Lipinski definition) is 6. The van der Waals surface area contributed by atoms with Gasteiger partial charge in [0.15, 0.2) is 0 Å². The minimum absolute atomic E-state index is 0.0357. The van der Waals surface area contributed by atoms with E-state index in [9.17, 15) is 9.59 Å². The normalized spacial score (nSPS) is 19.4. The number of carbonyl (C=O) groups excluding carboxylic acids is 1. The molecule has 1 aromatic heterocycles. The number of piperidine rings is 1. The molecule has 1 amide bonds. The Hall–Kier alpha value is -3.33. The number of rotatable bonds is 6. The van der Waals surface area contributed by atoms with Crippen LogP contribution in [-0.4, -0.2) is 52.6 Å². The second kappa shape index (κ2) is 11.0. The van der Waals surface area contributed by atoms with Gasteiger partial charge >= 0.3 is 6.09 Å². The summed E-state index contributed by atoms with van der Waals surface area (Å²) in [5.41, 5.74) is 1.72. The summed E-state index contributed by atoms with van der Waals surface area (Å²) in [4.78, 5) is 29.8. The predicted molar refractivity (Wildman–Crippen MR) is 148 cm³/mol.